The lowest BCUT2D eigenvalue weighted by atomic mass is 9.87. The Labute approximate surface area is 164 Å². The molecule has 1 saturated carbocycles. The second-order valence-corrected chi connectivity index (χ2v) is 7.77. The number of aryl methyl sites for hydroxylation is 1. The number of hydrogen-bond acceptors (Lipinski definition) is 4. The van der Waals surface area contributed by atoms with E-state index in [0.29, 0.717) is 0 Å². The van der Waals surface area contributed by atoms with Gasteiger partial charge in [0.2, 0.25) is 5.91 Å². The topological polar surface area (TPSA) is 105 Å². The lowest BCUT2D eigenvalue weighted by Crippen LogP contribution is -2.47. The lowest BCUT2D eigenvalue weighted by molar-refractivity contribution is -0.135. The summed E-state index contributed by atoms with van der Waals surface area (Å²) in [7, 11) is 0. The summed E-state index contributed by atoms with van der Waals surface area (Å²) in [6, 6.07) is 5.15. The highest BCUT2D eigenvalue weighted by Gasteiger charge is 2.56. The summed E-state index contributed by atoms with van der Waals surface area (Å²) in [5.41, 5.74) is 7.93. The van der Waals surface area contributed by atoms with Crippen molar-refractivity contribution in [2.75, 3.05) is 12.3 Å². The molecule has 4 N–H and O–H groups in total. The third-order valence-corrected chi connectivity index (χ3v) is 5.81. The van der Waals surface area contributed by atoms with Crippen LogP contribution in [0.25, 0.3) is 0 Å². The number of carbonyl (C=O) groups excluding carboxylic acids is 3. The number of carbonyl (C=O) groups is 3. The lowest BCUT2D eigenvalue weighted by Gasteiger charge is -2.27. The van der Waals surface area contributed by atoms with E-state index < -0.39 is 11.6 Å². The molecule has 7 nitrogen and oxygen atoms in total. The van der Waals surface area contributed by atoms with Crippen molar-refractivity contribution in [2.45, 2.75) is 50.6 Å². The number of anilines is 1. The molecule has 1 aliphatic heterocycles. The summed E-state index contributed by atoms with van der Waals surface area (Å²) in [5, 5.41) is 5.75. The number of fused-ring (bicyclic) bond motifs is 1. The molecule has 8 heteroatoms. The first-order valence-electron chi connectivity index (χ1n) is 9.20. The van der Waals surface area contributed by atoms with Crippen molar-refractivity contribution in [3.8, 4) is 0 Å². The maximum absolute atomic E-state index is 12.6. The van der Waals surface area contributed by atoms with Crippen LogP contribution in [0.5, 0.6) is 0 Å². The molecule has 2 fully saturated rings. The molecule has 1 aromatic carbocycles. The van der Waals surface area contributed by atoms with Crippen LogP contribution in [0.3, 0.4) is 0 Å². The molecule has 2 aliphatic carbocycles. The molecule has 3 aliphatic rings. The smallest absolute Gasteiger partial charge is 0.325 e. The summed E-state index contributed by atoms with van der Waals surface area (Å²) in [5.74, 6) is -0.428. The maximum Gasteiger partial charge on any atom is 0.325 e. The number of nitrogen functional groups attached to an aromatic ring is 1. The van der Waals surface area contributed by atoms with Gasteiger partial charge in [-0.15, -0.1) is 12.4 Å². The van der Waals surface area contributed by atoms with Crippen molar-refractivity contribution in [1.82, 2.24) is 15.5 Å². The van der Waals surface area contributed by atoms with E-state index in [9.17, 15) is 14.4 Å². The highest BCUT2D eigenvalue weighted by atomic mass is 35.5. The molecule has 27 heavy (non-hydrogen) atoms. The minimum Gasteiger partial charge on any atom is -0.399 e. The zero-order valence-electron chi connectivity index (χ0n) is 15.3. The number of nitrogens with two attached hydrogens (primary N) is 1. The van der Waals surface area contributed by atoms with Crippen LogP contribution in [0.4, 0.5) is 10.5 Å². The molecule has 1 saturated heterocycles. The van der Waals surface area contributed by atoms with Crippen LogP contribution in [0.1, 0.15) is 49.8 Å². The molecule has 146 valence electrons. The Morgan fingerprint density at radius 3 is 2.78 bits per heavy atom. The van der Waals surface area contributed by atoms with Crippen molar-refractivity contribution >= 4 is 35.9 Å². The average molecular weight is 393 g/mol. The molecule has 0 aromatic heterocycles. The molecule has 0 spiro atoms. The van der Waals surface area contributed by atoms with Crippen molar-refractivity contribution in [2.24, 2.45) is 5.92 Å². The van der Waals surface area contributed by atoms with Gasteiger partial charge in [-0.3, -0.25) is 14.5 Å². The molecule has 4 rings (SSSR count). The third-order valence-electron chi connectivity index (χ3n) is 5.81. The number of halogens is 1. The first-order valence-corrected chi connectivity index (χ1v) is 9.20. The fourth-order valence-corrected chi connectivity index (χ4v) is 4.16. The number of amides is 4. The SMILES string of the molecule is CC1(C2CC2)NC(=O)N(CC(=O)NC2CCCc3cc(N)ccc32)C1=O.Cl. The van der Waals surface area contributed by atoms with Gasteiger partial charge in [-0.2, -0.15) is 0 Å². The second-order valence-electron chi connectivity index (χ2n) is 7.77. The van der Waals surface area contributed by atoms with Crippen LogP contribution in [0, 0.1) is 5.92 Å². The van der Waals surface area contributed by atoms with Gasteiger partial charge in [0.1, 0.15) is 12.1 Å². The van der Waals surface area contributed by atoms with Crippen molar-refractivity contribution in [1.29, 1.82) is 0 Å². The molecule has 0 radical (unpaired) electrons. The number of nitrogens with zero attached hydrogens (tertiary/aromatic N) is 1. The van der Waals surface area contributed by atoms with Gasteiger partial charge in [0.15, 0.2) is 0 Å². The van der Waals surface area contributed by atoms with Gasteiger partial charge >= 0.3 is 6.03 Å². The zero-order chi connectivity index (χ0) is 18.5. The fraction of sp³-hybridized carbons (Fsp3) is 0.526. The number of benzene rings is 1. The second kappa shape index (κ2) is 7.03. The van der Waals surface area contributed by atoms with E-state index in [1.807, 2.05) is 18.2 Å². The highest BCUT2D eigenvalue weighted by Crippen LogP contribution is 2.42. The fourth-order valence-electron chi connectivity index (χ4n) is 4.16. The van der Waals surface area contributed by atoms with E-state index in [-0.39, 0.29) is 42.7 Å². The van der Waals surface area contributed by atoms with Crippen molar-refractivity contribution in [3.63, 3.8) is 0 Å². The number of hydrogen-bond donors (Lipinski definition) is 3. The Bertz CT molecular complexity index is 795. The normalized spacial score (nSPS) is 26.9. The molecular formula is C19H25ClN4O3. The van der Waals surface area contributed by atoms with Gasteiger partial charge in [0.25, 0.3) is 5.91 Å². The van der Waals surface area contributed by atoms with E-state index in [2.05, 4.69) is 10.6 Å². The molecule has 4 amide bonds. The summed E-state index contributed by atoms with van der Waals surface area (Å²) >= 11 is 0. The Hall–Kier alpha value is -2.28. The summed E-state index contributed by atoms with van der Waals surface area (Å²) < 4.78 is 0. The predicted octanol–water partition coefficient (Wildman–Crippen LogP) is 1.90. The first kappa shape index (κ1) is 19.5. The Kier molecular flexibility index (Phi) is 5.08. The summed E-state index contributed by atoms with van der Waals surface area (Å²) in [4.78, 5) is 38.4. The van der Waals surface area contributed by atoms with E-state index in [4.69, 9.17) is 5.73 Å². The van der Waals surface area contributed by atoms with Gasteiger partial charge in [-0.25, -0.2) is 4.79 Å². The Morgan fingerprint density at radius 1 is 1.33 bits per heavy atom. The molecule has 1 heterocycles. The molecule has 2 unspecified atom stereocenters. The van der Waals surface area contributed by atoms with Crippen LogP contribution in [0.2, 0.25) is 0 Å². The summed E-state index contributed by atoms with van der Waals surface area (Å²) in [6.45, 7) is 1.51. The van der Waals surface area contributed by atoms with Crippen LogP contribution in [-0.2, 0) is 16.0 Å². The van der Waals surface area contributed by atoms with E-state index >= 15 is 0 Å². The molecule has 2 atom stereocenters. The third kappa shape index (κ3) is 3.48. The molecular weight excluding hydrogens is 368 g/mol. The van der Waals surface area contributed by atoms with Gasteiger partial charge in [-0.1, -0.05) is 6.07 Å². The van der Waals surface area contributed by atoms with Crippen LogP contribution in [0.15, 0.2) is 18.2 Å². The standard InChI is InChI=1S/C19H24N4O3.ClH/c1-19(12-5-6-12)17(25)23(18(26)22-19)10-16(24)21-15-4-2-3-11-9-13(20)7-8-14(11)15;/h7-9,12,15H,2-6,10,20H2,1H3,(H,21,24)(H,22,26);1H. The van der Waals surface area contributed by atoms with Crippen molar-refractivity contribution in [3.05, 3.63) is 29.3 Å². The summed E-state index contributed by atoms with van der Waals surface area (Å²) in [6.07, 6.45) is 4.61. The van der Waals surface area contributed by atoms with Crippen LogP contribution >= 0.6 is 12.4 Å². The first-order chi connectivity index (χ1) is 12.4. The highest BCUT2D eigenvalue weighted by molar-refractivity contribution is 6.09. The van der Waals surface area contributed by atoms with Gasteiger partial charge < -0.3 is 16.4 Å². The minimum absolute atomic E-state index is 0. The van der Waals surface area contributed by atoms with E-state index in [1.165, 1.54) is 0 Å². The maximum atomic E-state index is 12.6. The Morgan fingerprint density at radius 2 is 2.07 bits per heavy atom. The minimum atomic E-state index is -0.855. The van der Waals surface area contributed by atoms with Gasteiger partial charge in [0.05, 0.1) is 6.04 Å². The number of rotatable bonds is 4. The largest absolute Gasteiger partial charge is 0.399 e. The molecule has 0 bridgehead atoms. The van der Waals surface area contributed by atoms with Crippen LogP contribution in [-0.4, -0.2) is 34.8 Å². The monoisotopic (exact) mass is 392 g/mol. The van der Waals surface area contributed by atoms with E-state index in [0.717, 1.165) is 53.8 Å². The predicted molar refractivity (Wildman–Crippen MR) is 103 cm³/mol. The quantitative estimate of drug-likeness (QED) is 0.537. The van der Waals surface area contributed by atoms with Crippen molar-refractivity contribution < 1.29 is 14.4 Å². The zero-order valence-corrected chi connectivity index (χ0v) is 16.1. The average Bonchev–Trinajstić information content (AvgIpc) is 3.41. The van der Waals surface area contributed by atoms with E-state index in [1.54, 1.807) is 6.92 Å². The van der Waals surface area contributed by atoms with Gasteiger partial charge in [-0.05, 0) is 68.2 Å². The van der Waals surface area contributed by atoms with Gasteiger partial charge in [0, 0.05) is 5.69 Å². The van der Waals surface area contributed by atoms with Crippen LogP contribution < -0.4 is 16.4 Å². The Balaban J connectivity index is 0.00000210. The molecule has 1 aromatic rings. The number of nitrogens with one attached hydrogen (secondary N) is 2. The number of imide groups is 1. The number of urea groups is 1.